The highest BCUT2D eigenvalue weighted by atomic mass is 32.2. The number of aryl methyl sites for hydroxylation is 1. The van der Waals surface area contributed by atoms with Crippen LogP contribution in [0.4, 0.5) is 11.4 Å². The first kappa shape index (κ1) is 40.2. The molecule has 0 radical (unpaired) electrons. The van der Waals surface area contributed by atoms with E-state index in [0.29, 0.717) is 24.1 Å². The molecule has 3 atom stereocenters. The van der Waals surface area contributed by atoms with E-state index in [0.717, 1.165) is 71.5 Å². The number of allylic oxidation sites excluding steroid dienone is 8. The Hall–Kier alpha value is -3.48. The molecule has 16 heteroatoms. The van der Waals surface area contributed by atoms with Crippen molar-refractivity contribution in [2.75, 3.05) is 29.5 Å². The van der Waals surface area contributed by atoms with E-state index in [4.69, 9.17) is 0 Å². The van der Waals surface area contributed by atoms with Gasteiger partial charge in [-0.1, -0.05) is 66.8 Å². The van der Waals surface area contributed by atoms with Gasteiger partial charge < -0.3 is 15.1 Å². The Labute approximate surface area is 317 Å². The summed E-state index contributed by atoms with van der Waals surface area (Å²) in [4.78, 5) is 1.71. The molecular weight excluding hydrogens is 757 g/mol. The molecular formula is C38H47N2O11S3+. The van der Waals surface area contributed by atoms with E-state index in [1.165, 1.54) is 18.2 Å². The van der Waals surface area contributed by atoms with E-state index in [2.05, 4.69) is 6.07 Å². The van der Waals surface area contributed by atoms with Gasteiger partial charge in [0.2, 0.25) is 5.69 Å². The van der Waals surface area contributed by atoms with Crippen LogP contribution in [0.25, 0.3) is 0 Å². The number of rotatable bonds is 12. The lowest BCUT2D eigenvalue weighted by Gasteiger charge is -2.37. The van der Waals surface area contributed by atoms with Gasteiger partial charge in [-0.25, -0.2) is 0 Å². The SMILES string of the molecule is CC(C=CC=C1N(CC(O)CS(=O)(=O)O)c2ccc(C)cc2C12CCCCC2)=CC=C1CCC2C1=[N+](CC(O)CS(=O)(=O)O)c1ccc(S(=O)(=O)O)cc12. The zero-order valence-electron chi connectivity index (χ0n) is 30.2. The predicted octanol–water partition coefficient (Wildman–Crippen LogP) is 4.75. The van der Waals surface area contributed by atoms with Crippen molar-refractivity contribution in [3.63, 3.8) is 0 Å². The summed E-state index contributed by atoms with van der Waals surface area (Å²) < 4.78 is 100. The highest BCUT2D eigenvalue weighted by Crippen LogP contribution is 2.55. The lowest BCUT2D eigenvalue weighted by Crippen LogP contribution is -2.38. The Morgan fingerprint density at radius 3 is 2.28 bits per heavy atom. The molecule has 2 aromatic carbocycles. The Balaban J connectivity index is 1.33. The average Bonchev–Trinajstić information content (AvgIpc) is 3.68. The number of fused-ring (bicyclic) bond motifs is 5. The fourth-order valence-corrected chi connectivity index (χ4v) is 10.4. The smallest absolute Gasteiger partial charge is 0.294 e. The largest absolute Gasteiger partial charge is 0.390 e. The van der Waals surface area contributed by atoms with E-state index in [-0.39, 0.29) is 29.3 Å². The summed E-state index contributed by atoms with van der Waals surface area (Å²) in [6.45, 7) is 3.78. The van der Waals surface area contributed by atoms with Crippen LogP contribution in [0.2, 0.25) is 0 Å². The second kappa shape index (κ2) is 15.2. The van der Waals surface area contributed by atoms with Crippen molar-refractivity contribution >= 4 is 47.4 Å². The first-order valence-corrected chi connectivity index (χ1v) is 22.6. The fraction of sp³-hybridized carbons (Fsp3) is 0.447. The van der Waals surface area contributed by atoms with Crippen molar-refractivity contribution in [1.82, 2.24) is 0 Å². The van der Waals surface area contributed by atoms with Gasteiger partial charge in [-0.2, -0.15) is 29.8 Å². The van der Waals surface area contributed by atoms with Crippen LogP contribution in [0.5, 0.6) is 0 Å². The minimum Gasteiger partial charge on any atom is -0.390 e. The van der Waals surface area contributed by atoms with Gasteiger partial charge in [0, 0.05) is 40.5 Å². The molecule has 2 aliphatic heterocycles. The molecule has 54 heavy (non-hydrogen) atoms. The maximum atomic E-state index is 12.0. The molecule has 2 saturated carbocycles. The maximum absolute atomic E-state index is 12.0. The Morgan fingerprint density at radius 1 is 0.926 bits per heavy atom. The normalized spacial score (nSPS) is 22.8. The summed E-state index contributed by atoms with van der Waals surface area (Å²) in [6.07, 6.45) is 13.2. The monoisotopic (exact) mass is 803 g/mol. The van der Waals surface area contributed by atoms with Crippen molar-refractivity contribution in [2.24, 2.45) is 0 Å². The third-order valence-corrected chi connectivity index (χ3v) is 13.3. The number of hydrogen-bond donors (Lipinski definition) is 5. The number of nitrogens with zero attached hydrogens (tertiary/aromatic N) is 2. The molecule has 292 valence electrons. The van der Waals surface area contributed by atoms with Gasteiger partial charge in [0.15, 0.2) is 12.3 Å². The standard InChI is InChI=1S/C38H46N2O11S3/c1-25(7-6-8-36-38(17-4-3-5-18-38)33-19-26(2)10-15-35(33)39(36)21-28(41)23-52(43,44)45)9-11-27-12-14-31-32-20-30(54(49,50)51)13-16-34(32)40(37(27)31)22-29(42)24-53(46,47)48/h6-11,13,15-16,19-20,28-29,31,41-42H,3-5,12,14,17-18,21-24H2,1-2H3,(H2-,43,44,45,46,47,48,49,50,51)/p+1. The molecule has 4 aliphatic rings. The maximum Gasteiger partial charge on any atom is 0.294 e. The summed E-state index contributed by atoms with van der Waals surface area (Å²) in [5.74, 6) is -1.91. The Kier molecular flexibility index (Phi) is 11.3. The lowest BCUT2D eigenvalue weighted by molar-refractivity contribution is -0.448. The summed E-state index contributed by atoms with van der Waals surface area (Å²) in [7, 11) is -13.4. The zero-order valence-corrected chi connectivity index (χ0v) is 32.6. The number of aliphatic hydroxyl groups is 2. The van der Waals surface area contributed by atoms with Gasteiger partial charge in [-0.15, -0.1) is 0 Å². The summed E-state index contributed by atoms with van der Waals surface area (Å²) in [5, 5.41) is 21.4. The molecule has 2 heterocycles. The molecule has 1 spiro atoms. The molecule has 0 saturated heterocycles. The van der Waals surface area contributed by atoms with Gasteiger partial charge in [-0.05, 0) is 69.4 Å². The van der Waals surface area contributed by atoms with Crippen LogP contribution in [0.3, 0.4) is 0 Å². The molecule has 0 bridgehead atoms. The molecule has 0 amide bonds. The molecule has 6 rings (SSSR count). The fourth-order valence-electron chi connectivity index (χ4n) is 8.68. The topological polar surface area (TPSA) is 210 Å². The summed E-state index contributed by atoms with van der Waals surface area (Å²) >= 11 is 0. The van der Waals surface area contributed by atoms with Crippen molar-refractivity contribution in [3.8, 4) is 0 Å². The van der Waals surface area contributed by atoms with Crippen LogP contribution in [0.15, 0.2) is 88.5 Å². The van der Waals surface area contributed by atoms with Gasteiger partial charge in [0.05, 0.1) is 16.9 Å². The quantitative estimate of drug-likeness (QED) is 0.112. The number of hydrogen-bond acceptors (Lipinski definition) is 9. The van der Waals surface area contributed by atoms with Crippen LogP contribution >= 0.6 is 0 Å². The van der Waals surface area contributed by atoms with Gasteiger partial charge in [-0.3, -0.25) is 13.7 Å². The van der Waals surface area contributed by atoms with Crippen LogP contribution in [0.1, 0.15) is 74.5 Å². The number of β-amino-alcohol motifs (C(OH)–C–C–N with tert-alkyl or cyclic N) is 2. The molecule has 2 aromatic rings. The van der Waals surface area contributed by atoms with Gasteiger partial charge in [0.25, 0.3) is 30.4 Å². The van der Waals surface area contributed by atoms with Crippen molar-refractivity contribution in [2.45, 2.75) is 87.2 Å². The first-order chi connectivity index (χ1) is 25.3. The third kappa shape index (κ3) is 8.65. The molecule has 13 nitrogen and oxygen atoms in total. The van der Waals surface area contributed by atoms with E-state index >= 15 is 0 Å². The van der Waals surface area contributed by atoms with E-state index in [9.17, 15) is 49.1 Å². The molecule has 3 unspecified atom stereocenters. The number of aliphatic hydroxyl groups excluding tert-OH is 2. The lowest BCUT2D eigenvalue weighted by atomic mass is 9.68. The average molecular weight is 804 g/mol. The molecule has 2 fully saturated rings. The zero-order chi connectivity index (χ0) is 39.2. The third-order valence-electron chi connectivity index (χ3n) is 10.8. The van der Waals surface area contributed by atoms with E-state index in [1.54, 1.807) is 4.58 Å². The Bertz CT molecular complexity index is 2320. The highest BCUT2D eigenvalue weighted by molar-refractivity contribution is 7.86. The van der Waals surface area contributed by atoms with E-state index < -0.39 is 54.1 Å². The van der Waals surface area contributed by atoms with Crippen LogP contribution in [-0.4, -0.2) is 96.2 Å². The minimum absolute atomic E-state index is 0.0124. The first-order valence-electron chi connectivity index (χ1n) is 17.9. The molecule has 2 aliphatic carbocycles. The van der Waals surface area contributed by atoms with Crippen molar-refractivity contribution < 1.29 is 53.7 Å². The van der Waals surface area contributed by atoms with Gasteiger partial charge >= 0.3 is 0 Å². The second-order valence-corrected chi connectivity index (χ2v) is 19.3. The second-order valence-electron chi connectivity index (χ2n) is 14.9. The van der Waals surface area contributed by atoms with Gasteiger partial charge in [0.1, 0.15) is 17.6 Å². The summed E-state index contributed by atoms with van der Waals surface area (Å²) in [6, 6.07) is 10.3. The van der Waals surface area contributed by atoms with Crippen LogP contribution < -0.4 is 4.90 Å². The number of anilines is 1. The summed E-state index contributed by atoms with van der Waals surface area (Å²) in [5.41, 5.74) is 7.57. The van der Waals surface area contributed by atoms with Crippen molar-refractivity contribution in [3.05, 3.63) is 100 Å². The number of benzene rings is 2. The molecule has 5 N–H and O–H groups in total. The van der Waals surface area contributed by atoms with Crippen LogP contribution in [0, 0.1) is 6.92 Å². The minimum atomic E-state index is -4.49. The van der Waals surface area contributed by atoms with E-state index in [1.807, 2.05) is 61.3 Å². The van der Waals surface area contributed by atoms with Crippen molar-refractivity contribution in [1.29, 1.82) is 0 Å². The highest BCUT2D eigenvalue weighted by Gasteiger charge is 2.48. The molecule has 0 aromatic heterocycles. The Morgan fingerprint density at radius 2 is 1.61 bits per heavy atom. The van der Waals surface area contributed by atoms with Crippen LogP contribution in [-0.2, 0) is 35.8 Å². The predicted molar refractivity (Wildman–Crippen MR) is 205 cm³/mol.